The summed E-state index contributed by atoms with van der Waals surface area (Å²) in [5.41, 5.74) is 0. The molecule has 29 heavy (non-hydrogen) atoms. The Morgan fingerprint density at radius 3 is 2.34 bits per heavy atom. The van der Waals surface area contributed by atoms with Crippen LogP contribution in [0.3, 0.4) is 0 Å². The quantitative estimate of drug-likeness (QED) is 0.505. The smallest absolute Gasteiger partial charge is 0.243 e. The monoisotopic (exact) mass is 425 g/mol. The van der Waals surface area contributed by atoms with E-state index in [2.05, 4.69) is 10.6 Å². The van der Waals surface area contributed by atoms with Gasteiger partial charge in [-0.2, -0.15) is 4.31 Å². The highest BCUT2D eigenvalue weighted by Gasteiger charge is 2.34. The molecular formula is C20H31N3O5S. The molecule has 1 aromatic rings. The van der Waals surface area contributed by atoms with Gasteiger partial charge in [0, 0.05) is 32.2 Å². The van der Waals surface area contributed by atoms with Gasteiger partial charge in [0.05, 0.1) is 4.90 Å². The first kappa shape index (κ1) is 23.3. The molecule has 1 atom stereocenters. The number of benzene rings is 1. The van der Waals surface area contributed by atoms with E-state index in [0.717, 1.165) is 0 Å². The zero-order chi connectivity index (χ0) is 21.4. The maximum Gasteiger partial charge on any atom is 0.243 e. The molecule has 0 unspecified atom stereocenters. The molecule has 1 aliphatic rings. The SMILES string of the molecule is CC(C)[C@H](NC(=O)C1CCN(S(=O)(=O)c2ccccc2)CC1)C(=O)NCCCO. The third kappa shape index (κ3) is 6.25. The van der Waals surface area contributed by atoms with E-state index in [1.54, 1.807) is 30.3 Å². The van der Waals surface area contributed by atoms with Crippen molar-refractivity contribution in [2.24, 2.45) is 11.8 Å². The summed E-state index contributed by atoms with van der Waals surface area (Å²) >= 11 is 0. The van der Waals surface area contributed by atoms with E-state index in [9.17, 15) is 18.0 Å². The molecule has 3 N–H and O–H groups in total. The van der Waals surface area contributed by atoms with Gasteiger partial charge in [-0.1, -0.05) is 32.0 Å². The molecule has 1 fully saturated rings. The van der Waals surface area contributed by atoms with Gasteiger partial charge in [-0.05, 0) is 37.3 Å². The Morgan fingerprint density at radius 1 is 1.17 bits per heavy atom. The Balaban J connectivity index is 1.92. The number of carbonyl (C=O) groups excluding carboxylic acids is 2. The van der Waals surface area contributed by atoms with Crippen LogP contribution in [0.4, 0.5) is 0 Å². The van der Waals surface area contributed by atoms with Crippen LogP contribution < -0.4 is 10.6 Å². The lowest BCUT2D eigenvalue weighted by Gasteiger charge is -2.32. The first-order valence-corrected chi connectivity index (χ1v) is 11.5. The third-order valence-corrected chi connectivity index (χ3v) is 7.00. The summed E-state index contributed by atoms with van der Waals surface area (Å²) in [7, 11) is -3.56. The van der Waals surface area contributed by atoms with Gasteiger partial charge < -0.3 is 15.7 Å². The van der Waals surface area contributed by atoms with Crippen LogP contribution in [-0.2, 0) is 19.6 Å². The van der Waals surface area contributed by atoms with Crippen molar-refractivity contribution in [3.05, 3.63) is 30.3 Å². The highest BCUT2D eigenvalue weighted by atomic mass is 32.2. The first-order valence-electron chi connectivity index (χ1n) is 10.0. The van der Waals surface area contributed by atoms with Crippen molar-refractivity contribution in [2.75, 3.05) is 26.2 Å². The number of aliphatic hydroxyl groups is 1. The molecule has 0 saturated carbocycles. The molecule has 0 aromatic heterocycles. The van der Waals surface area contributed by atoms with Gasteiger partial charge in [0.1, 0.15) is 6.04 Å². The number of rotatable bonds is 9. The number of nitrogens with zero attached hydrogens (tertiary/aromatic N) is 1. The van der Waals surface area contributed by atoms with Crippen molar-refractivity contribution in [3.8, 4) is 0 Å². The number of hydrogen-bond acceptors (Lipinski definition) is 5. The van der Waals surface area contributed by atoms with Gasteiger partial charge in [0.15, 0.2) is 0 Å². The number of nitrogens with one attached hydrogen (secondary N) is 2. The summed E-state index contributed by atoms with van der Waals surface area (Å²) in [5, 5.41) is 14.4. The number of sulfonamides is 1. The molecule has 8 nitrogen and oxygen atoms in total. The van der Waals surface area contributed by atoms with E-state index in [0.29, 0.717) is 25.8 Å². The summed E-state index contributed by atoms with van der Waals surface area (Å²) in [6.45, 7) is 4.58. The normalized spacial score (nSPS) is 17.1. The van der Waals surface area contributed by atoms with Crippen LogP contribution in [0, 0.1) is 11.8 Å². The van der Waals surface area contributed by atoms with Crippen molar-refractivity contribution >= 4 is 21.8 Å². The average Bonchev–Trinajstić information content (AvgIpc) is 2.72. The van der Waals surface area contributed by atoms with E-state index >= 15 is 0 Å². The van der Waals surface area contributed by atoms with E-state index in [4.69, 9.17) is 5.11 Å². The number of carbonyl (C=O) groups is 2. The number of piperidine rings is 1. The van der Waals surface area contributed by atoms with Crippen LogP contribution in [0.2, 0.25) is 0 Å². The van der Waals surface area contributed by atoms with E-state index in [1.807, 2.05) is 13.8 Å². The third-order valence-electron chi connectivity index (χ3n) is 5.09. The molecule has 0 radical (unpaired) electrons. The zero-order valence-corrected chi connectivity index (χ0v) is 17.8. The van der Waals surface area contributed by atoms with Crippen LogP contribution in [0.1, 0.15) is 33.1 Å². The Kier molecular flexibility index (Phi) is 8.60. The molecule has 9 heteroatoms. The Morgan fingerprint density at radius 2 is 1.79 bits per heavy atom. The van der Waals surface area contributed by atoms with Crippen molar-refractivity contribution in [1.29, 1.82) is 0 Å². The number of hydrogen-bond donors (Lipinski definition) is 3. The van der Waals surface area contributed by atoms with E-state index in [1.165, 1.54) is 4.31 Å². The summed E-state index contributed by atoms with van der Waals surface area (Å²) < 4.78 is 26.8. The van der Waals surface area contributed by atoms with Crippen molar-refractivity contribution < 1.29 is 23.1 Å². The summed E-state index contributed by atoms with van der Waals surface area (Å²) in [4.78, 5) is 25.2. The van der Waals surface area contributed by atoms with Crippen LogP contribution in [0.25, 0.3) is 0 Å². The Bertz CT molecular complexity index is 775. The molecule has 0 aliphatic carbocycles. The molecule has 2 amide bonds. The standard InChI is InChI=1S/C20H31N3O5S/c1-15(2)18(20(26)21-11-6-14-24)22-19(25)16-9-12-23(13-10-16)29(27,28)17-7-4-3-5-8-17/h3-5,7-8,15-16,18,24H,6,9-14H2,1-2H3,(H,21,26)(H,22,25)/t18-/m0/s1. The van der Waals surface area contributed by atoms with Gasteiger partial charge in [-0.15, -0.1) is 0 Å². The molecule has 2 rings (SSSR count). The summed E-state index contributed by atoms with van der Waals surface area (Å²) in [6.07, 6.45) is 1.28. The minimum absolute atomic E-state index is 0.0105. The topological polar surface area (TPSA) is 116 Å². The molecule has 1 saturated heterocycles. The average molecular weight is 426 g/mol. The highest BCUT2D eigenvalue weighted by Crippen LogP contribution is 2.24. The highest BCUT2D eigenvalue weighted by molar-refractivity contribution is 7.89. The zero-order valence-electron chi connectivity index (χ0n) is 17.0. The van der Waals surface area contributed by atoms with Gasteiger partial charge in [-0.3, -0.25) is 9.59 Å². The Labute approximate surface area is 172 Å². The molecule has 162 valence electrons. The van der Waals surface area contributed by atoms with Gasteiger partial charge in [0.25, 0.3) is 0 Å². The first-order chi connectivity index (χ1) is 13.8. The second-order valence-corrected chi connectivity index (χ2v) is 9.53. The van der Waals surface area contributed by atoms with Gasteiger partial charge in [0.2, 0.25) is 21.8 Å². The maximum absolute atomic E-state index is 12.7. The maximum atomic E-state index is 12.7. The fourth-order valence-electron chi connectivity index (χ4n) is 3.31. The second kappa shape index (κ2) is 10.7. The largest absolute Gasteiger partial charge is 0.396 e. The fourth-order valence-corrected chi connectivity index (χ4v) is 4.80. The lowest BCUT2D eigenvalue weighted by Crippen LogP contribution is -2.52. The lowest BCUT2D eigenvalue weighted by atomic mass is 9.95. The van der Waals surface area contributed by atoms with Crippen molar-refractivity contribution in [2.45, 2.75) is 44.0 Å². The van der Waals surface area contributed by atoms with Crippen LogP contribution >= 0.6 is 0 Å². The summed E-state index contributed by atoms with van der Waals surface area (Å²) in [6, 6.07) is 7.61. The van der Waals surface area contributed by atoms with Crippen LogP contribution in [0.5, 0.6) is 0 Å². The van der Waals surface area contributed by atoms with E-state index in [-0.39, 0.29) is 48.2 Å². The van der Waals surface area contributed by atoms with Crippen LogP contribution in [0.15, 0.2) is 35.2 Å². The minimum atomic E-state index is -3.56. The van der Waals surface area contributed by atoms with Gasteiger partial charge in [-0.25, -0.2) is 8.42 Å². The fraction of sp³-hybridized carbons (Fsp3) is 0.600. The summed E-state index contributed by atoms with van der Waals surface area (Å²) in [5.74, 6) is -0.918. The predicted octanol–water partition coefficient (Wildman–Crippen LogP) is 0.727. The second-order valence-electron chi connectivity index (χ2n) is 7.59. The minimum Gasteiger partial charge on any atom is -0.396 e. The molecule has 1 heterocycles. The van der Waals surface area contributed by atoms with Crippen molar-refractivity contribution in [1.82, 2.24) is 14.9 Å². The molecule has 1 aliphatic heterocycles. The molecule has 1 aromatic carbocycles. The lowest BCUT2D eigenvalue weighted by molar-refractivity contribution is -0.132. The predicted molar refractivity (Wildman–Crippen MR) is 109 cm³/mol. The van der Waals surface area contributed by atoms with Crippen LogP contribution in [-0.4, -0.2) is 61.9 Å². The van der Waals surface area contributed by atoms with Crippen molar-refractivity contribution in [3.63, 3.8) is 0 Å². The molecular weight excluding hydrogens is 394 g/mol. The number of amides is 2. The molecule has 0 bridgehead atoms. The number of aliphatic hydroxyl groups excluding tert-OH is 1. The van der Waals surface area contributed by atoms with Gasteiger partial charge >= 0.3 is 0 Å². The Hall–Kier alpha value is -1.97. The van der Waals surface area contributed by atoms with E-state index < -0.39 is 16.1 Å². The molecule has 0 spiro atoms.